The fourth-order valence-corrected chi connectivity index (χ4v) is 4.35. The molecule has 0 saturated carbocycles. The van der Waals surface area contributed by atoms with Crippen LogP contribution in [0.3, 0.4) is 0 Å². The Morgan fingerprint density at radius 3 is 2.73 bits per heavy atom. The summed E-state index contributed by atoms with van der Waals surface area (Å²) in [5.41, 5.74) is 5.45. The lowest BCUT2D eigenvalue weighted by atomic mass is 9.85. The average Bonchev–Trinajstić information content (AvgIpc) is 3.43. The first-order chi connectivity index (χ1) is 16.1. The number of aromatic nitrogens is 5. The molecule has 0 aliphatic carbocycles. The molecule has 6 rings (SSSR count). The Balaban J connectivity index is 1.44. The van der Waals surface area contributed by atoms with Gasteiger partial charge in [0.1, 0.15) is 5.82 Å². The summed E-state index contributed by atoms with van der Waals surface area (Å²) < 4.78 is 12.5. The van der Waals surface area contributed by atoms with Crippen molar-refractivity contribution in [1.82, 2.24) is 25.0 Å². The quantitative estimate of drug-likeness (QED) is 0.520. The van der Waals surface area contributed by atoms with E-state index in [2.05, 4.69) is 25.6 Å². The Kier molecular flexibility index (Phi) is 4.36. The second-order valence-corrected chi connectivity index (χ2v) is 8.18. The Morgan fingerprint density at radius 1 is 1.06 bits per heavy atom. The van der Waals surface area contributed by atoms with Crippen LogP contribution in [0.4, 0.5) is 5.82 Å². The highest BCUT2D eigenvalue weighted by Gasteiger charge is 2.34. The molecule has 1 atom stereocenters. The Morgan fingerprint density at radius 2 is 1.88 bits per heavy atom. The molecule has 4 aromatic rings. The normalized spacial score (nSPS) is 16.4. The highest BCUT2D eigenvalue weighted by atomic mass is 16.7. The van der Waals surface area contributed by atoms with Crippen molar-refractivity contribution < 1.29 is 14.3 Å². The van der Waals surface area contributed by atoms with Crippen molar-refractivity contribution in [1.29, 1.82) is 0 Å². The van der Waals surface area contributed by atoms with Crippen molar-refractivity contribution in [2.45, 2.75) is 26.2 Å². The number of benzene rings is 2. The monoisotopic (exact) mass is 440 g/mol. The molecule has 1 N–H and O–H groups in total. The Hall–Kier alpha value is -4.27. The summed E-state index contributed by atoms with van der Waals surface area (Å²) in [5, 5.41) is 16.0. The number of ether oxygens (including phenoxy) is 2. The predicted octanol–water partition coefficient (Wildman–Crippen LogP) is 3.54. The maximum absolute atomic E-state index is 12.7. The van der Waals surface area contributed by atoms with Gasteiger partial charge in [-0.05, 0) is 31.5 Å². The van der Waals surface area contributed by atoms with Crippen LogP contribution in [-0.2, 0) is 4.79 Å². The summed E-state index contributed by atoms with van der Waals surface area (Å²) in [6, 6.07) is 13.8. The molecule has 4 heterocycles. The number of hydrogen-bond donors (Lipinski definition) is 1. The number of anilines is 1. The van der Waals surface area contributed by atoms with E-state index in [0.29, 0.717) is 35.4 Å². The highest BCUT2D eigenvalue weighted by molar-refractivity contribution is 5.95. The molecule has 2 aliphatic rings. The fraction of sp³-hybridized carbons (Fsp3) is 0.208. The van der Waals surface area contributed by atoms with Crippen molar-refractivity contribution >= 4 is 11.7 Å². The van der Waals surface area contributed by atoms with E-state index in [-0.39, 0.29) is 18.6 Å². The number of rotatable bonds is 3. The van der Waals surface area contributed by atoms with Crippen molar-refractivity contribution in [3.8, 4) is 28.7 Å². The molecule has 1 amide bonds. The first kappa shape index (κ1) is 19.4. The number of carbonyl (C=O) groups excluding carboxylic acids is 1. The van der Waals surface area contributed by atoms with E-state index in [9.17, 15) is 4.79 Å². The van der Waals surface area contributed by atoms with Crippen LogP contribution in [0.5, 0.6) is 11.5 Å². The van der Waals surface area contributed by atoms with Gasteiger partial charge in [0.05, 0.1) is 17.6 Å². The van der Waals surface area contributed by atoms with E-state index in [1.54, 1.807) is 10.9 Å². The fourth-order valence-electron chi connectivity index (χ4n) is 4.35. The maximum atomic E-state index is 12.7. The van der Waals surface area contributed by atoms with Gasteiger partial charge in [0.25, 0.3) is 5.95 Å². The SMILES string of the molecule is Cc1ccc(-c2cnnc(-n3nc(C)c4c3NC(=O)CC4c3ccc4c(c3)OCO4)n2)cc1. The first-order valence-corrected chi connectivity index (χ1v) is 10.6. The number of aryl methyl sites for hydroxylation is 2. The lowest BCUT2D eigenvalue weighted by Crippen LogP contribution is -2.25. The van der Waals surface area contributed by atoms with Crippen LogP contribution in [0.15, 0.2) is 48.7 Å². The molecule has 0 spiro atoms. The Labute approximate surface area is 189 Å². The minimum Gasteiger partial charge on any atom is -0.454 e. The number of carbonyl (C=O) groups is 1. The summed E-state index contributed by atoms with van der Waals surface area (Å²) in [7, 11) is 0. The third-order valence-electron chi connectivity index (χ3n) is 5.99. The molecule has 33 heavy (non-hydrogen) atoms. The number of nitrogens with one attached hydrogen (secondary N) is 1. The minimum atomic E-state index is -0.176. The van der Waals surface area contributed by atoms with Gasteiger partial charge in [0, 0.05) is 23.5 Å². The topological polar surface area (TPSA) is 104 Å². The van der Waals surface area contributed by atoms with Gasteiger partial charge >= 0.3 is 0 Å². The van der Waals surface area contributed by atoms with Gasteiger partial charge in [0.15, 0.2) is 11.5 Å². The molecule has 1 unspecified atom stereocenters. The summed E-state index contributed by atoms with van der Waals surface area (Å²) in [4.78, 5) is 17.4. The van der Waals surface area contributed by atoms with E-state index in [0.717, 1.165) is 27.9 Å². The van der Waals surface area contributed by atoms with Gasteiger partial charge < -0.3 is 14.8 Å². The average molecular weight is 440 g/mol. The van der Waals surface area contributed by atoms with E-state index < -0.39 is 0 Å². The molecule has 2 aromatic carbocycles. The van der Waals surface area contributed by atoms with Gasteiger partial charge in [-0.25, -0.2) is 4.98 Å². The van der Waals surface area contributed by atoms with Crippen LogP contribution in [-0.4, -0.2) is 37.7 Å². The molecule has 9 nitrogen and oxygen atoms in total. The molecular formula is C24H20N6O3. The second kappa shape index (κ2) is 7.40. The molecular weight excluding hydrogens is 420 g/mol. The lowest BCUT2D eigenvalue weighted by Gasteiger charge is -2.24. The third-order valence-corrected chi connectivity index (χ3v) is 5.99. The summed E-state index contributed by atoms with van der Waals surface area (Å²) in [5.74, 6) is 1.97. The zero-order valence-electron chi connectivity index (χ0n) is 18.1. The van der Waals surface area contributed by atoms with Crippen molar-refractivity contribution in [2.24, 2.45) is 0 Å². The zero-order valence-corrected chi connectivity index (χ0v) is 18.1. The highest BCUT2D eigenvalue weighted by Crippen LogP contribution is 2.43. The summed E-state index contributed by atoms with van der Waals surface area (Å²) >= 11 is 0. The first-order valence-electron chi connectivity index (χ1n) is 10.6. The van der Waals surface area contributed by atoms with Gasteiger partial charge in [-0.3, -0.25) is 4.79 Å². The van der Waals surface area contributed by atoms with Crippen LogP contribution in [0.25, 0.3) is 17.2 Å². The van der Waals surface area contributed by atoms with E-state index in [1.807, 2.05) is 56.3 Å². The van der Waals surface area contributed by atoms with E-state index in [1.165, 1.54) is 0 Å². The van der Waals surface area contributed by atoms with Gasteiger partial charge in [0.2, 0.25) is 12.7 Å². The standard InChI is InChI=1S/C24H20N6O3/c1-13-3-5-15(6-4-13)18-11-25-28-24(26-18)30-23-22(14(2)29-30)17(10-21(31)27-23)16-7-8-19-20(9-16)33-12-32-19/h3-9,11,17H,10,12H2,1-2H3,(H,27,31). The second-order valence-electron chi connectivity index (χ2n) is 8.18. The number of hydrogen-bond acceptors (Lipinski definition) is 7. The number of fused-ring (bicyclic) bond motifs is 2. The van der Waals surface area contributed by atoms with Gasteiger partial charge in [-0.15, -0.1) is 5.10 Å². The van der Waals surface area contributed by atoms with Gasteiger partial charge in [-0.2, -0.15) is 14.9 Å². The van der Waals surface area contributed by atoms with Crippen LogP contribution >= 0.6 is 0 Å². The van der Waals surface area contributed by atoms with Crippen LogP contribution in [0, 0.1) is 13.8 Å². The van der Waals surface area contributed by atoms with Crippen molar-refractivity contribution in [3.05, 3.63) is 71.0 Å². The largest absolute Gasteiger partial charge is 0.454 e. The van der Waals surface area contributed by atoms with Crippen LogP contribution in [0.1, 0.15) is 34.7 Å². The number of amides is 1. The molecule has 0 fully saturated rings. The molecule has 164 valence electrons. The third kappa shape index (κ3) is 3.29. The van der Waals surface area contributed by atoms with Crippen LogP contribution in [0.2, 0.25) is 0 Å². The maximum Gasteiger partial charge on any atom is 0.272 e. The van der Waals surface area contributed by atoms with Crippen LogP contribution < -0.4 is 14.8 Å². The molecule has 2 aliphatic heterocycles. The van der Waals surface area contributed by atoms with Crippen molar-refractivity contribution in [2.75, 3.05) is 12.1 Å². The molecule has 0 bridgehead atoms. The smallest absolute Gasteiger partial charge is 0.272 e. The molecule has 9 heteroatoms. The van der Waals surface area contributed by atoms with E-state index in [4.69, 9.17) is 9.47 Å². The lowest BCUT2D eigenvalue weighted by molar-refractivity contribution is -0.116. The predicted molar refractivity (Wildman–Crippen MR) is 120 cm³/mol. The molecule has 0 radical (unpaired) electrons. The Bertz CT molecular complexity index is 1400. The van der Waals surface area contributed by atoms with E-state index >= 15 is 0 Å². The van der Waals surface area contributed by atoms with Crippen molar-refractivity contribution in [3.63, 3.8) is 0 Å². The molecule has 0 saturated heterocycles. The zero-order chi connectivity index (χ0) is 22.5. The van der Waals surface area contributed by atoms with Gasteiger partial charge in [-0.1, -0.05) is 35.9 Å². The minimum absolute atomic E-state index is 0.103. The summed E-state index contributed by atoms with van der Waals surface area (Å²) in [6.07, 6.45) is 1.92. The summed E-state index contributed by atoms with van der Waals surface area (Å²) in [6.45, 7) is 4.16. The molecule has 2 aromatic heterocycles. The number of nitrogens with zero attached hydrogens (tertiary/aromatic N) is 5.